The Morgan fingerprint density at radius 3 is 2.29 bits per heavy atom. The fourth-order valence-corrected chi connectivity index (χ4v) is 3.22. The highest BCUT2D eigenvalue weighted by atomic mass is 32.2. The molecule has 0 atom stereocenters. The molecular formula is C11H21NO4S. The fourth-order valence-electron chi connectivity index (χ4n) is 1.90. The molecule has 0 bridgehead atoms. The van der Waals surface area contributed by atoms with Crippen LogP contribution in [0.25, 0.3) is 0 Å². The quantitative estimate of drug-likeness (QED) is 0.710. The summed E-state index contributed by atoms with van der Waals surface area (Å²) in [4.78, 5) is 11.5. The van der Waals surface area contributed by atoms with Gasteiger partial charge in [0.15, 0.2) is 0 Å². The topological polar surface area (TPSA) is 63.7 Å². The van der Waals surface area contributed by atoms with Crippen LogP contribution < -0.4 is 0 Å². The minimum absolute atomic E-state index is 0.145. The molecule has 0 N–H and O–H groups in total. The van der Waals surface area contributed by atoms with Gasteiger partial charge >= 0.3 is 5.97 Å². The SMILES string of the molecule is CCOC(=O)C1CCN(S(=O)(=O)C(C)C)CC1. The van der Waals surface area contributed by atoms with Crippen LogP contribution in [-0.4, -0.2) is 43.6 Å². The van der Waals surface area contributed by atoms with Crippen LogP contribution in [0.5, 0.6) is 0 Å². The van der Waals surface area contributed by atoms with E-state index in [9.17, 15) is 13.2 Å². The predicted molar refractivity (Wildman–Crippen MR) is 65.0 cm³/mol. The Hall–Kier alpha value is -0.620. The zero-order chi connectivity index (χ0) is 13.1. The van der Waals surface area contributed by atoms with Gasteiger partial charge < -0.3 is 4.74 Å². The number of hydrogen-bond acceptors (Lipinski definition) is 4. The molecule has 1 rings (SSSR count). The van der Waals surface area contributed by atoms with Crippen molar-refractivity contribution in [2.24, 2.45) is 5.92 Å². The van der Waals surface area contributed by atoms with Crippen LogP contribution in [0.15, 0.2) is 0 Å². The highest BCUT2D eigenvalue weighted by Crippen LogP contribution is 2.22. The van der Waals surface area contributed by atoms with Crippen molar-refractivity contribution in [1.82, 2.24) is 4.31 Å². The number of nitrogens with zero attached hydrogens (tertiary/aromatic N) is 1. The average molecular weight is 263 g/mol. The van der Waals surface area contributed by atoms with E-state index in [1.165, 1.54) is 4.31 Å². The lowest BCUT2D eigenvalue weighted by Crippen LogP contribution is -2.43. The number of piperidine rings is 1. The molecule has 1 heterocycles. The first kappa shape index (κ1) is 14.4. The molecule has 0 aliphatic carbocycles. The van der Waals surface area contributed by atoms with Gasteiger partial charge in [0.2, 0.25) is 10.0 Å². The summed E-state index contributed by atoms with van der Waals surface area (Å²) in [5.41, 5.74) is 0. The van der Waals surface area contributed by atoms with Crippen LogP contribution in [0.2, 0.25) is 0 Å². The number of esters is 1. The van der Waals surface area contributed by atoms with Gasteiger partial charge in [0, 0.05) is 13.1 Å². The van der Waals surface area contributed by atoms with E-state index >= 15 is 0 Å². The Kier molecular flexibility index (Phi) is 4.94. The van der Waals surface area contributed by atoms with Crippen molar-refractivity contribution in [2.75, 3.05) is 19.7 Å². The van der Waals surface area contributed by atoms with Crippen LogP contribution in [0.3, 0.4) is 0 Å². The standard InChI is InChI=1S/C11H21NO4S/c1-4-16-11(13)10-5-7-12(8-6-10)17(14,15)9(2)3/h9-10H,4-8H2,1-3H3. The number of sulfonamides is 1. The third-order valence-electron chi connectivity index (χ3n) is 3.03. The maximum Gasteiger partial charge on any atom is 0.309 e. The highest BCUT2D eigenvalue weighted by molar-refractivity contribution is 7.89. The zero-order valence-corrected chi connectivity index (χ0v) is 11.5. The summed E-state index contributed by atoms with van der Waals surface area (Å²) >= 11 is 0. The van der Waals surface area contributed by atoms with Gasteiger partial charge in [0.05, 0.1) is 17.8 Å². The molecule has 0 spiro atoms. The van der Waals surface area contributed by atoms with E-state index in [0.717, 1.165) is 0 Å². The van der Waals surface area contributed by atoms with Crippen molar-refractivity contribution in [3.8, 4) is 0 Å². The van der Waals surface area contributed by atoms with Crippen molar-refractivity contribution >= 4 is 16.0 Å². The molecule has 5 nitrogen and oxygen atoms in total. The first-order chi connectivity index (χ1) is 7.89. The summed E-state index contributed by atoms with van der Waals surface area (Å²) < 4.78 is 30.2. The molecule has 1 saturated heterocycles. The molecule has 0 amide bonds. The second kappa shape index (κ2) is 5.82. The van der Waals surface area contributed by atoms with Gasteiger partial charge in [-0.3, -0.25) is 4.79 Å². The van der Waals surface area contributed by atoms with Crippen molar-refractivity contribution in [3.63, 3.8) is 0 Å². The lowest BCUT2D eigenvalue weighted by Gasteiger charge is -2.31. The van der Waals surface area contributed by atoms with Crippen molar-refractivity contribution in [2.45, 2.75) is 38.9 Å². The maximum absolute atomic E-state index is 11.9. The zero-order valence-electron chi connectivity index (χ0n) is 10.7. The van der Waals surface area contributed by atoms with Gasteiger partial charge in [0.1, 0.15) is 0 Å². The Bertz CT molecular complexity index is 356. The summed E-state index contributed by atoms with van der Waals surface area (Å²) in [5.74, 6) is -0.345. The van der Waals surface area contributed by atoms with Gasteiger partial charge in [-0.1, -0.05) is 0 Å². The third-order valence-corrected chi connectivity index (χ3v) is 5.31. The number of carbonyl (C=O) groups excluding carboxylic acids is 1. The van der Waals surface area contributed by atoms with Gasteiger partial charge in [0.25, 0.3) is 0 Å². The number of carbonyl (C=O) groups is 1. The molecule has 0 radical (unpaired) electrons. The number of hydrogen-bond donors (Lipinski definition) is 0. The number of ether oxygens (including phenoxy) is 1. The van der Waals surface area contributed by atoms with Crippen LogP contribution in [-0.2, 0) is 19.6 Å². The Morgan fingerprint density at radius 1 is 1.35 bits per heavy atom. The smallest absolute Gasteiger partial charge is 0.309 e. The van der Waals surface area contributed by atoms with E-state index in [2.05, 4.69) is 0 Å². The van der Waals surface area contributed by atoms with Crippen molar-refractivity contribution in [1.29, 1.82) is 0 Å². The van der Waals surface area contributed by atoms with Crippen molar-refractivity contribution in [3.05, 3.63) is 0 Å². The fraction of sp³-hybridized carbons (Fsp3) is 0.909. The van der Waals surface area contributed by atoms with Crippen LogP contribution in [0.4, 0.5) is 0 Å². The largest absolute Gasteiger partial charge is 0.466 e. The Balaban J connectivity index is 2.54. The minimum Gasteiger partial charge on any atom is -0.466 e. The molecule has 100 valence electrons. The molecule has 1 aliphatic heterocycles. The van der Waals surface area contributed by atoms with Crippen LogP contribution in [0.1, 0.15) is 33.6 Å². The number of rotatable bonds is 4. The molecule has 0 aromatic heterocycles. The normalized spacial score (nSPS) is 19.5. The summed E-state index contributed by atoms with van der Waals surface area (Å²) in [6.45, 7) is 6.34. The highest BCUT2D eigenvalue weighted by Gasteiger charge is 2.33. The van der Waals surface area contributed by atoms with E-state index in [1.807, 2.05) is 0 Å². The molecule has 6 heteroatoms. The molecule has 0 aromatic rings. The van der Waals surface area contributed by atoms with Gasteiger partial charge in [-0.25, -0.2) is 12.7 Å². The summed E-state index contributed by atoms with van der Waals surface area (Å²) in [6, 6.07) is 0. The first-order valence-corrected chi connectivity index (χ1v) is 7.55. The molecule has 0 saturated carbocycles. The van der Waals surface area contributed by atoms with E-state index in [4.69, 9.17) is 4.74 Å². The average Bonchev–Trinajstić information content (AvgIpc) is 2.29. The second-order valence-electron chi connectivity index (χ2n) is 4.52. The van der Waals surface area contributed by atoms with E-state index in [0.29, 0.717) is 32.5 Å². The Labute approximate surface area is 103 Å². The molecule has 1 aliphatic rings. The van der Waals surface area contributed by atoms with Gasteiger partial charge in [-0.15, -0.1) is 0 Å². The van der Waals surface area contributed by atoms with Crippen LogP contribution >= 0.6 is 0 Å². The summed E-state index contributed by atoms with van der Waals surface area (Å²) in [6.07, 6.45) is 1.12. The molecule has 0 aromatic carbocycles. The van der Waals surface area contributed by atoms with Gasteiger partial charge in [-0.2, -0.15) is 0 Å². The lowest BCUT2D eigenvalue weighted by atomic mass is 9.98. The van der Waals surface area contributed by atoms with E-state index in [-0.39, 0.29) is 11.9 Å². The molecule has 17 heavy (non-hydrogen) atoms. The first-order valence-electron chi connectivity index (χ1n) is 6.05. The predicted octanol–water partition coefficient (Wildman–Crippen LogP) is 1.000. The van der Waals surface area contributed by atoms with Gasteiger partial charge in [-0.05, 0) is 33.6 Å². The molecular weight excluding hydrogens is 242 g/mol. The summed E-state index contributed by atoms with van der Waals surface area (Å²) in [5, 5.41) is -0.401. The lowest BCUT2D eigenvalue weighted by molar-refractivity contribution is -0.149. The molecule has 0 unspecified atom stereocenters. The monoisotopic (exact) mass is 263 g/mol. The summed E-state index contributed by atoms with van der Waals surface area (Å²) in [7, 11) is -3.18. The second-order valence-corrected chi connectivity index (χ2v) is 7.01. The minimum atomic E-state index is -3.18. The van der Waals surface area contributed by atoms with Crippen molar-refractivity contribution < 1.29 is 17.9 Å². The molecule has 1 fully saturated rings. The maximum atomic E-state index is 11.9. The van der Waals surface area contributed by atoms with Crippen LogP contribution in [0, 0.1) is 5.92 Å². The third kappa shape index (κ3) is 3.42. The Morgan fingerprint density at radius 2 is 1.88 bits per heavy atom. The van der Waals surface area contributed by atoms with E-state index in [1.54, 1.807) is 20.8 Å². The van der Waals surface area contributed by atoms with E-state index < -0.39 is 15.3 Å².